The summed E-state index contributed by atoms with van der Waals surface area (Å²) in [5, 5.41) is 19.3. The normalized spacial score (nSPS) is 16.2. The van der Waals surface area contributed by atoms with Crippen LogP contribution in [0.1, 0.15) is 62.5 Å². The van der Waals surface area contributed by atoms with E-state index in [1.807, 2.05) is 30.3 Å². The first-order valence-corrected chi connectivity index (χ1v) is 13.0. The van der Waals surface area contributed by atoms with Gasteiger partial charge in [-0.3, -0.25) is 9.59 Å². The van der Waals surface area contributed by atoms with Crippen LogP contribution in [0.3, 0.4) is 0 Å². The Morgan fingerprint density at radius 3 is 2.63 bits per heavy atom. The maximum absolute atomic E-state index is 12.9. The summed E-state index contributed by atoms with van der Waals surface area (Å²) in [7, 11) is 0. The summed E-state index contributed by atoms with van der Waals surface area (Å²) in [6, 6.07) is 11.2. The number of phenols is 1. The van der Waals surface area contributed by atoms with Crippen LogP contribution in [0.2, 0.25) is 0 Å². The van der Waals surface area contributed by atoms with Crippen molar-refractivity contribution in [3.8, 4) is 11.5 Å². The highest BCUT2D eigenvalue weighted by Crippen LogP contribution is 2.38. The average Bonchev–Trinajstić information content (AvgIpc) is 3.15. The van der Waals surface area contributed by atoms with Gasteiger partial charge in [0, 0.05) is 17.9 Å². The lowest BCUT2D eigenvalue weighted by Gasteiger charge is -2.24. The highest BCUT2D eigenvalue weighted by Gasteiger charge is 2.25. The number of fused-ring (bicyclic) bond motifs is 1. The maximum atomic E-state index is 12.9. The molecule has 0 atom stereocenters. The van der Waals surface area contributed by atoms with Crippen molar-refractivity contribution in [2.75, 3.05) is 30.3 Å². The summed E-state index contributed by atoms with van der Waals surface area (Å²) in [6.45, 7) is 2.15. The molecule has 4 rings (SSSR count). The number of amides is 2. The quantitative estimate of drug-likeness (QED) is 0.290. The van der Waals surface area contributed by atoms with Gasteiger partial charge in [0.15, 0.2) is 0 Å². The molecule has 2 aromatic rings. The number of phenolic OH excluding ortho intramolecular Hbond substituents is 1. The van der Waals surface area contributed by atoms with Crippen molar-refractivity contribution in [1.29, 1.82) is 0 Å². The Labute approximate surface area is 207 Å². The smallest absolute Gasteiger partial charge is 0.227 e. The molecule has 7 nitrogen and oxygen atoms in total. The first-order chi connectivity index (χ1) is 17.1. The minimum absolute atomic E-state index is 0.0340. The number of rotatable bonds is 10. The van der Waals surface area contributed by atoms with Crippen molar-refractivity contribution in [2.24, 2.45) is 5.92 Å². The number of carbonyl (C=O) groups excluding carboxylic acids is 2. The Bertz CT molecular complexity index is 1020. The number of aromatic hydroxyl groups is 1. The molecule has 7 heteroatoms. The summed E-state index contributed by atoms with van der Waals surface area (Å²) < 4.78 is 6.07. The van der Waals surface area contributed by atoms with Gasteiger partial charge in [-0.2, -0.15) is 0 Å². The summed E-state index contributed by atoms with van der Waals surface area (Å²) in [4.78, 5) is 25.0. The monoisotopic (exact) mass is 479 g/mol. The molecule has 1 aliphatic carbocycles. The predicted molar refractivity (Wildman–Crippen MR) is 138 cm³/mol. The Kier molecular flexibility index (Phi) is 9.01. The summed E-state index contributed by atoms with van der Waals surface area (Å²) in [5.74, 6) is 1.16. The minimum atomic E-state index is -0.0340. The maximum Gasteiger partial charge on any atom is 0.227 e. The number of hydrogen-bond acceptors (Lipinski definition) is 5. The number of benzene rings is 2. The van der Waals surface area contributed by atoms with E-state index in [2.05, 4.69) is 16.0 Å². The van der Waals surface area contributed by atoms with E-state index in [1.165, 1.54) is 12.8 Å². The number of nitrogens with one attached hydrogen (secondary N) is 3. The van der Waals surface area contributed by atoms with Crippen LogP contribution < -0.4 is 20.7 Å². The first-order valence-electron chi connectivity index (χ1n) is 13.0. The Hall–Kier alpha value is -3.06. The van der Waals surface area contributed by atoms with Gasteiger partial charge < -0.3 is 25.8 Å². The fraction of sp³-hybridized carbons (Fsp3) is 0.500. The van der Waals surface area contributed by atoms with Crippen molar-refractivity contribution in [1.82, 2.24) is 5.32 Å². The third kappa shape index (κ3) is 6.98. The fourth-order valence-electron chi connectivity index (χ4n) is 4.93. The Morgan fingerprint density at radius 1 is 1.03 bits per heavy atom. The zero-order valence-electron chi connectivity index (χ0n) is 20.4. The molecule has 2 aliphatic rings. The van der Waals surface area contributed by atoms with E-state index in [0.717, 1.165) is 68.5 Å². The topological polar surface area (TPSA) is 99.7 Å². The SMILES string of the molecule is O=C1CCc2c(OCCCNCCc3ccccc3O)ccc(NC(=O)C3CCCCCC3)c2N1. The van der Waals surface area contributed by atoms with Crippen LogP contribution in [-0.2, 0) is 22.4 Å². The molecule has 1 fully saturated rings. The van der Waals surface area contributed by atoms with Gasteiger partial charge in [-0.1, -0.05) is 43.9 Å². The van der Waals surface area contributed by atoms with Gasteiger partial charge >= 0.3 is 0 Å². The van der Waals surface area contributed by atoms with Crippen molar-refractivity contribution >= 4 is 23.2 Å². The highest BCUT2D eigenvalue weighted by molar-refractivity contribution is 6.03. The van der Waals surface area contributed by atoms with Crippen LogP contribution >= 0.6 is 0 Å². The van der Waals surface area contributed by atoms with Crippen molar-refractivity contribution in [3.05, 3.63) is 47.5 Å². The van der Waals surface area contributed by atoms with Crippen molar-refractivity contribution in [2.45, 2.75) is 64.2 Å². The first kappa shape index (κ1) is 25.0. The lowest BCUT2D eigenvalue weighted by molar-refractivity contribution is -0.120. The molecule has 0 saturated heterocycles. The largest absolute Gasteiger partial charge is 0.508 e. The second-order valence-electron chi connectivity index (χ2n) is 9.52. The van der Waals surface area contributed by atoms with Crippen LogP contribution in [0.15, 0.2) is 36.4 Å². The molecule has 0 radical (unpaired) electrons. The van der Waals surface area contributed by atoms with Gasteiger partial charge in [-0.05, 0) is 69.0 Å². The highest BCUT2D eigenvalue weighted by atomic mass is 16.5. The van der Waals surface area contributed by atoms with E-state index in [0.29, 0.717) is 36.6 Å². The summed E-state index contributed by atoms with van der Waals surface area (Å²) >= 11 is 0. The van der Waals surface area contributed by atoms with E-state index in [1.54, 1.807) is 6.07 Å². The molecular weight excluding hydrogens is 442 g/mol. The molecular formula is C28H37N3O4. The average molecular weight is 480 g/mol. The van der Waals surface area contributed by atoms with E-state index >= 15 is 0 Å². The number of para-hydroxylation sites is 1. The second-order valence-corrected chi connectivity index (χ2v) is 9.52. The number of ether oxygens (including phenoxy) is 1. The van der Waals surface area contributed by atoms with Gasteiger partial charge in [0.25, 0.3) is 0 Å². The molecule has 4 N–H and O–H groups in total. The molecule has 2 aromatic carbocycles. The Balaban J connectivity index is 1.29. The van der Waals surface area contributed by atoms with Gasteiger partial charge in [-0.25, -0.2) is 0 Å². The van der Waals surface area contributed by atoms with Crippen molar-refractivity contribution in [3.63, 3.8) is 0 Å². The zero-order valence-corrected chi connectivity index (χ0v) is 20.4. The molecule has 0 spiro atoms. The number of hydrogen-bond donors (Lipinski definition) is 4. The van der Waals surface area contributed by atoms with Crippen LogP contribution in [0, 0.1) is 5.92 Å². The summed E-state index contributed by atoms with van der Waals surface area (Å²) in [5.41, 5.74) is 3.24. The molecule has 2 amide bonds. The predicted octanol–water partition coefficient (Wildman–Crippen LogP) is 4.79. The lowest BCUT2D eigenvalue weighted by Crippen LogP contribution is -2.26. The molecule has 0 bridgehead atoms. The van der Waals surface area contributed by atoms with Crippen LogP contribution in [0.25, 0.3) is 0 Å². The van der Waals surface area contributed by atoms with Crippen LogP contribution in [0.5, 0.6) is 11.5 Å². The second kappa shape index (κ2) is 12.6. The minimum Gasteiger partial charge on any atom is -0.508 e. The van der Waals surface area contributed by atoms with Gasteiger partial charge in [0.05, 0.1) is 18.0 Å². The van der Waals surface area contributed by atoms with Crippen LogP contribution in [-0.4, -0.2) is 36.6 Å². The molecule has 1 saturated carbocycles. The van der Waals surface area contributed by atoms with Gasteiger partial charge in [0.2, 0.25) is 11.8 Å². The van der Waals surface area contributed by atoms with Gasteiger partial charge in [0.1, 0.15) is 11.5 Å². The fourth-order valence-corrected chi connectivity index (χ4v) is 4.93. The number of carbonyl (C=O) groups is 2. The van der Waals surface area contributed by atoms with E-state index < -0.39 is 0 Å². The van der Waals surface area contributed by atoms with E-state index in [9.17, 15) is 14.7 Å². The summed E-state index contributed by atoms with van der Waals surface area (Å²) in [6.07, 6.45) is 9.09. The van der Waals surface area contributed by atoms with Crippen LogP contribution in [0.4, 0.5) is 11.4 Å². The third-order valence-electron chi connectivity index (χ3n) is 6.94. The van der Waals surface area contributed by atoms with E-state index in [4.69, 9.17) is 4.74 Å². The number of anilines is 2. The molecule has 1 aliphatic heterocycles. The van der Waals surface area contributed by atoms with Gasteiger partial charge in [-0.15, -0.1) is 0 Å². The Morgan fingerprint density at radius 2 is 1.83 bits per heavy atom. The van der Waals surface area contributed by atoms with Crippen molar-refractivity contribution < 1.29 is 19.4 Å². The molecule has 35 heavy (non-hydrogen) atoms. The zero-order chi connectivity index (χ0) is 24.5. The molecule has 0 aromatic heterocycles. The molecule has 188 valence electrons. The molecule has 1 heterocycles. The standard InChI is InChI=1S/C28H37N3O4/c32-24-11-6-5-8-20(24)16-18-29-17-7-19-35-25-14-13-23(27-22(25)12-15-26(33)31-27)30-28(34)21-9-3-1-2-4-10-21/h5-6,8,11,13-14,21,29,32H,1-4,7,9-10,12,15-19H2,(H,30,34)(H,31,33). The third-order valence-corrected chi connectivity index (χ3v) is 6.94. The van der Waals surface area contributed by atoms with E-state index in [-0.39, 0.29) is 17.7 Å². The molecule has 0 unspecified atom stereocenters. The lowest BCUT2D eigenvalue weighted by atomic mass is 9.97.